The molecule has 0 spiro atoms. The Morgan fingerprint density at radius 3 is 2.50 bits per heavy atom. The zero-order chi connectivity index (χ0) is 8.97. The minimum atomic E-state index is 0.0653. The highest BCUT2D eigenvalue weighted by Crippen LogP contribution is 2.37. The third-order valence-corrected chi connectivity index (χ3v) is 3.00. The average molecular weight is 170 g/mol. The first-order chi connectivity index (χ1) is 5.83. The molecule has 0 saturated heterocycles. The van der Waals surface area contributed by atoms with Crippen LogP contribution in [0.25, 0.3) is 0 Å². The molecule has 0 unspecified atom stereocenters. The quantitative estimate of drug-likeness (QED) is 0.622. The molecule has 0 radical (unpaired) electrons. The second-order valence-electron chi connectivity index (χ2n) is 3.62. The van der Waals surface area contributed by atoms with E-state index >= 15 is 0 Å². The Bertz CT molecular complexity index is 141. The number of hydrogen-bond donors (Lipinski definition) is 2. The predicted octanol–water partition coefficient (Wildman–Crippen LogP) is 1.19. The van der Waals surface area contributed by atoms with Gasteiger partial charge in [-0.25, -0.2) is 0 Å². The molecule has 2 atom stereocenters. The summed E-state index contributed by atoms with van der Waals surface area (Å²) < 4.78 is 0. The van der Waals surface area contributed by atoms with Crippen LogP contribution in [0.1, 0.15) is 19.3 Å². The Balaban J connectivity index is 2.52. The molecule has 0 bridgehead atoms. The van der Waals surface area contributed by atoms with E-state index in [2.05, 4.69) is 6.58 Å². The van der Waals surface area contributed by atoms with Crippen LogP contribution in [-0.2, 0) is 0 Å². The number of aliphatic hydroxyl groups excluding tert-OH is 2. The van der Waals surface area contributed by atoms with Gasteiger partial charge in [0.15, 0.2) is 0 Å². The molecular weight excluding hydrogens is 152 g/mol. The van der Waals surface area contributed by atoms with Crippen molar-refractivity contribution in [3.05, 3.63) is 12.7 Å². The summed E-state index contributed by atoms with van der Waals surface area (Å²) in [5.74, 6) is 1.03. The highest BCUT2D eigenvalue weighted by Gasteiger charge is 2.30. The highest BCUT2D eigenvalue weighted by molar-refractivity contribution is 4.91. The van der Waals surface area contributed by atoms with Crippen molar-refractivity contribution >= 4 is 0 Å². The molecule has 0 aromatic rings. The lowest BCUT2D eigenvalue weighted by Gasteiger charge is -2.23. The fourth-order valence-electron chi connectivity index (χ4n) is 2.22. The van der Waals surface area contributed by atoms with Gasteiger partial charge in [0.25, 0.3) is 0 Å². The normalized spacial score (nSPS) is 29.6. The Morgan fingerprint density at radius 2 is 2.00 bits per heavy atom. The summed E-state index contributed by atoms with van der Waals surface area (Å²) in [6.07, 6.45) is 5.47. The van der Waals surface area contributed by atoms with Crippen molar-refractivity contribution in [3.8, 4) is 0 Å². The van der Waals surface area contributed by atoms with Crippen molar-refractivity contribution in [2.75, 3.05) is 13.2 Å². The van der Waals surface area contributed by atoms with Gasteiger partial charge in [0.05, 0.1) is 0 Å². The molecule has 2 N–H and O–H groups in total. The van der Waals surface area contributed by atoms with Gasteiger partial charge in [-0.15, -0.1) is 6.58 Å². The van der Waals surface area contributed by atoms with Crippen LogP contribution in [0.2, 0.25) is 0 Å². The Morgan fingerprint density at radius 1 is 1.33 bits per heavy atom. The summed E-state index contributed by atoms with van der Waals surface area (Å²) in [5, 5.41) is 18.0. The van der Waals surface area contributed by atoms with E-state index < -0.39 is 0 Å². The highest BCUT2D eigenvalue weighted by atomic mass is 16.3. The summed E-state index contributed by atoms with van der Waals surface area (Å²) in [6, 6.07) is 0. The van der Waals surface area contributed by atoms with Gasteiger partial charge in [0.1, 0.15) is 0 Å². The summed E-state index contributed by atoms with van der Waals surface area (Å²) in [5.41, 5.74) is 0. The lowest BCUT2D eigenvalue weighted by atomic mass is 9.85. The average Bonchev–Trinajstić information content (AvgIpc) is 2.55. The summed E-state index contributed by atoms with van der Waals surface area (Å²) >= 11 is 0. The maximum atomic E-state index is 9.01. The van der Waals surface area contributed by atoms with Gasteiger partial charge < -0.3 is 10.2 Å². The van der Waals surface area contributed by atoms with Crippen LogP contribution in [0, 0.1) is 17.8 Å². The first kappa shape index (κ1) is 9.75. The number of allylic oxidation sites excluding steroid dienone is 1. The van der Waals surface area contributed by atoms with Gasteiger partial charge in [-0.2, -0.15) is 0 Å². The van der Waals surface area contributed by atoms with Gasteiger partial charge in [0.2, 0.25) is 0 Å². The molecule has 1 aliphatic rings. The predicted molar refractivity (Wildman–Crippen MR) is 48.7 cm³/mol. The molecule has 70 valence electrons. The molecule has 0 amide bonds. The zero-order valence-corrected chi connectivity index (χ0v) is 7.45. The summed E-state index contributed by atoms with van der Waals surface area (Å²) in [7, 11) is 0. The first-order valence-electron chi connectivity index (χ1n) is 4.67. The summed E-state index contributed by atoms with van der Waals surface area (Å²) in [6.45, 7) is 3.99. The first-order valence-corrected chi connectivity index (χ1v) is 4.67. The monoisotopic (exact) mass is 170 g/mol. The van der Waals surface area contributed by atoms with Gasteiger partial charge in [-0.05, 0) is 24.7 Å². The van der Waals surface area contributed by atoms with E-state index in [-0.39, 0.29) is 19.1 Å². The molecule has 1 fully saturated rings. The lowest BCUT2D eigenvalue weighted by molar-refractivity contribution is 0.0971. The maximum absolute atomic E-state index is 9.01. The molecule has 0 heterocycles. The Kier molecular flexibility index (Phi) is 3.76. The third-order valence-electron chi connectivity index (χ3n) is 3.00. The zero-order valence-electron chi connectivity index (χ0n) is 7.45. The van der Waals surface area contributed by atoms with E-state index in [1.54, 1.807) is 0 Å². The van der Waals surface area contributed by atoms with Crippen molar-refractivity contribution in [2.45, 2.75) is 19.3 Å². The van der Waals surface area contributed by atoms with E-state index in [0.717, 1.165) is 6.42 Å². The molecule has 0 aliphatic heterocycles. The van der Waals surface area contributed by atoms with Crippen molar-refractivity contribution in [2.24, 2.45) is 17.8 Å². The van der Waals surface area contributed by atoms with Gasteiger partial charge in [-0.1, -0.05) is 12.5 Å². The fourth-order valence-corrected chi connectivity index (χ4v) is 2.22. The SMILES string of the molecule is C=C[C@@H]1CCC[C@H]1C(CO)CO. The maximum Gasteiger partial charge on any atom is 0.0484 e. The third kappa shape index (κ3) is 1.87. The second-order valence-corrected chi connectivity index (χ2v) is 3.62. The number of rotatable bonds is 4. The molecule has 0 aromatic carbocycles. The summed E-state index contributed by atoms with van der Waals surface area (Å²) in [4.78, 5) is 0. The van der Waals surface area contributed by atoms with Crippen LogP contribution in [0.3, 0.4) is 0 Å². The van der Waals surface area contributed by atoms with Crippen LogP contribution < -0.4 is 0 Å². The lowest BCUT2D eigenvalue weighted by Crippen LogP contribution is -2.24. The number of hydrogen-bond acceptors (Lipinski definition) is 2. The standard InChI is InChI=1S/C10H18O2/c1-2-8-4-3-5-10(8)9(6-11)7-12/h2,8-12H,1,3-7H2/t8-,10-/m1/s1. The van der Waals surface area contributed by atoms with Gasteiger partial charge in [-0.3, -0.25) is 0 Å². The molecule has 1 aliphatic carbocycles. The Hall–Kier alpha value is -0.340. The topological polar surface area (TPSA) is 40.5 Å². The number of aliphatic hydroxyl groups is 2. The van der Waals surface area contributed by atoms with Crippen LogP contribution in [0.15, 0.2) is 12.7 Å². The van der Waals surface area contributed by atoms with E-state index in [4.69, 9.17) is 10.2 Å². The van der Waals surface area contributed by atoms with Crippen molar-refractivity contribution in [1.82, 2.24) is 0 Å². The minimum Gasteiger partial charge on any atom is -0.396 e. The van der Waals surface area contributed by atoms with Crippen LogP contribution in [0.4, 0.5) is 0 Å². The largest absolute Gasteiger partial charge is 0.396 e. The molecule has 2 heteroatoms. The van der Waals surface area contributed by atoms with Gasteiger partial charge in [0, 0.05) is 19.1 Å². The smallest absolute Gasteiger partial charge is 0.0484 e. The molecule has 1 rings (SSSR count). The van der Waals surface area contributed by atoms with Gasteiger partial charge >= 0.3 is 0 Å². The van der Waals surface area contributed by atoms with Crippen molar-refractivity contribution in [1.29, 1.82) is 0 Å². The van der Waals surface area contributed by atoms with E-state index in [0.29, 0.717) is 11.8 Å². The van der Waals surface area contributed by atoms with E-state index in [1.807, 2.05) is 6.08 Å². The van der Waals surface area contributed by atoms with Crippen molar-refractivity contribution < 1.29 is 10.2 Å². The molecular formula is C10H18O2. The molecule has 0 aromatic heterocycles. The van der Waals surface area contributed by atoms with Crippen molar-refractivity contribution in [3.63, 3.8) is 0 Å². The second kappa shape index (κ2) is 4.63. The van der Waals surface area contributed by atoms with Crippen LogP contribution >= 0.6 is 0 Å². The fraction of sp³-hybridized carbons (Fsp3) is 0.800. The van der Waals surface area contributed by atoms with Crippen LogP contribution in [0.5, 0.6) is 0 Å². The molecule has 12 heavy (non-hydrogen) atoms. The van der Waals surface area contributed by atoms with Crippen LogP contribution in [-0.4, -0.2) is 23.4 Å². The van der Waals surface area contributed by atoms with E-state index in [9.17, 15) is 0 Å². The molecule has 1 saturated carbocycles. The Labute approximate surface area is 73.9 Å². The van der Waals surface area contributed by atoms with E-state index in [1.165, 1.54) is 12.8 Å². The molecule has 2 nitrogen and oxygen atoms in total. The minimum absolute atomic E-state index is 0.0653.